The fourth-order valence-corrected chi connectivity index (χ4v) is 2.90. The largest absolute Gasteiger partial charge is 0.480 e. The summed E-state index contributed by atoms with van der Waals surface area (Å²) in [4.78, 5) is 43.4. The van der Waals surface area contributed by atoms with Crippen molar-refractivity contribution in [1.82, 2.24) is 5.06 Å². The van der Waals surface area contributed by atoms with Gasteiger partial charge in [-0.25, -0.2) is 4.79 Å². The van der Waals surface area contributed by atoms with Crippen LogP contribution in [0.15, 0.2) is 49.6 Å². The maximum Gasteiger partial charge on any atom is 0.349 e. The molecule has 1 N–H and O–H groups in total. The van der Waals surface area contributed by atoms with E-state index in [1.165, 1.54) is 6.92 Å². The number of hydrogen-bond donors (Lipinski definition) is 1. The highest BCUT2D eigenvalue weighted by atomic mass is 16.7. The van der Waals surface area contributed by atoms with Crippen molar-refractivity contribution in [3.63, 3.8) is 0 Å². The summed E-state index contributed by atoms with van der Waals surface area (Å²) in [5.74, 6) is -2.69. The van der Waals surface area contributed by atoms with Gasteiger partial charge in [-0.2, -0.15) is 5.06 Å². The monoisotopic (exact) mass is 402 g/mol. The van der Waals surface area contributed by atoms with Crippen LogP contribution in [0.1, 0.15) is 39.2 Å². The summed E-state index contributed by atoms with van der Waals surface area (Å²) in [6, 6.07) is 7.43. The van der Waals surface area contributed by atoms with Gasteiger partial charge in [-0.1, -0.05) is 38.1 Å². The Morgan fingerprint density at radius 3 is 1.97 bits per heavy atom. The molecule has 7 nitrogen and oxygen atoms in total. The van der Waals surface area contributed by atoms with Gasteiger partial charge in [0, 0.05) is 25.7 Å². The third-order valence-electron chi connectivity index (χ3n) is 4.88. The first-order valence-corrected chi connectivity index (χ1v) is 9.55. The molecule has 0 heterocycles. The molecule has 1 rings (SSSR count). The predicted molar refractivity (Wildman–Crippen MR) is 112 cm³/mol. The number of hydrogen-bond acceptors (Lipinski definition) is 5. The Balaban J connectivity index is 2.98. The van der Waals surface area contributed by atoms with E-state index in [2.05, 4.69) is 18.1 Å². The molecule has 0 saturated carbocycles. The van der Waals surface area contributed by atoms with Crippen molar-refractivity contribution in [1.29, 1.82) is 0 Å². The average molecular weight is 402 g/mol. The molecule has 1 aromatic carbocycles. The van der Waals surface area contributed by atoms with Gasteiger partial charge in [0.15, 0.2) is 5.41 Å². The van der Waals surface area contributed by atoms with Gasteiger partial charge in [0.25, 0.3) is 5.91 Å². The van der Waals surface area contributed by atoms with Gasteiger partial charge < -0.3 is 14.8 Å². The fraction of sp³-hybridized carbons (Fsp3) is 0.409. The number of aliphatic carboxylic acids is 1. The lowest BCUT2D eigenvalue weighted by Crippen LogP contribution is -2.44. The predicted octanol–water partition coefficient (Wildman–Crippen LogP) is 3.56. The van der Waals surface area contributed by atoms with E-state index >= 15 is 0 Å². The minimum absolute atomic E-state index is 0.0212. The lowest BCUT2D eigenvalue weighted by molar-refractivity contribution is -0.211. The Hall–Kier alpha value is -3.09. The van der Waals surface area contributed by atoms with Crippen molar-refractivity contribution in [3.05, 3.63) is 55.1 Å². The Bertz CT molecular complexity index is 728. The minimum atomic E-state index is -1.67. The molecule has 0 radical (unpaired) electrons. The number of hydroxylamine groups is 2. The number of rotatable bonds is 11. The molecule has 1 amide bonds. The van der Waals surface area contributed by atoms with Crippen molar-refractivity contribution in [2.24, 2.45) is 5.41 Å². The molecule has 0 saturated heterocycles. The van der Waals surface area contributed by atoms with Crippen molar-refractivity contribution in [2.45, 2.75) is 40.2 Å². The first-order chi connectivity index (χ1) is 13.7. The van der Waals surface area contributed by atoms with Crippen LogP contribution in [0.3, 0.4) is 0 Å². The molecule has 0 atom stereocenters. The molecule has 29 heavy (non-hydrogen) atoms. The summed E-state index contributed by atoms with van der Waals surface area (Å²) in [6.45, 7) is 13.3. The van der Waals surface area contributed by atoms with Crippen LogP contribution in [0.4, 0.5) is 5.69 Å². The fourth-order valence-electron chi connectivity index (χ4n) is 2.90. The Kier molecular flexibility index (Phi) is 9.12. The lowest BCUT2D eigenvalue weighted by atomic mass is 9.83. The average Bonchev–Trinajstić information content (AvgIpc) is 2.69. The highest BCUT2D eigenvalue weighted by Gasteiger charge is 2.46. The smallest absolute Gasteiger partial charge is 0.349 e. The zero-order valence-electron chi connectivity index (χ0n) is 17.4. The van der Waals surface area contributed by atoms with Crippen molar-refractivity contribution >= 4 is 23.5 Å². The Labute approximate surface area is 172 Å². The Morgan fingerprint density at radius 1 is 1.07 bits per heavy atom. The minimum Gasteiger partial charge on any atom is -0.480 e. The molecule has 7 heteroatoms. The van der Waals surface area contributed by atoms with Gasteiger partial charge in [0.2, 0.25) is 0 Å². The van der Waals surface area contributed by atoms with Crippen LogP contribution in [-0.4, -0.2) is 41.1 Å². The normalized spacial score (nSPS) is 10.7. The maximum atomic E-state index is 12.5. The topological polar surface area (TPSA) is 87.2 Å². The lowest BCUT2D eigenvalue weighted by Gasteiger charge is -2.28. The molecule has 0 aromatic heterocycles. The van der Waals surface area contributed by atoms with Gasteiger partial charge in [-0.15, -0.1) is 13.2 Å². The molecule has 1 aromatic rings. The van der Waals surface area contributed by atoms with Gasteiger partial charge >= 0.3 is 11.9 Å². The van der Waals surface area contributed by atoms with Crippen LogP contribution in [-0.2, 0) is 25.8 Å². The SMILES string of the molecule is C=CCN(CC=C)c1ccc(CN(OC(=O)C(CC)(CC)C(=O)O)C(C)=O)cc1. The number of benzene rings is 1. The van der Waals surface area contributed by atoms with E-state index in [0.29, 0.717) is 13.1 Å². The van der Waals surface area contributed by atoms with E-state index in [4.69, 9.17) is 4.84 Å². The highest BCUT2D eigenvalue weighted by Crippen LogP contribution is 2.29. The number of carbonyl (C=O) groups excluding carboxylic acids is 2. The molecular weight excluding hydrogens is 372 g/mol. The van der Waals surface area contributed by atoms with E-state index in [0.717, 1.165) is 16.3 Å². The van der Waals surface area contributed by atoms with E-state index < -0.39 is 23.3 Å². The molecule has 0 aliphatic heterocycles. The van der Waals surface area contributed by atoms with Crippen LogP contribution in [0.2, 0.25) is 0 Å². The van der Waals surface area contributed by atoms with E-state index in [-0.39, 0.29) is 19.4 Å². The van der Waals surface area contributed by atoms with Crippen LogP contribution in [0.5, 0.6) is 0 Å². The van der Waals surface area contributed by atoms with Gasteiger partial charge in [-0.3, -0.25) is 9.59 Å². The van der Waals surface area contributed by atoms with Crippen LogP contribution in [0.25, 0.3) is 0 Å². The number of anilines is 1. The first-order valence-electron chi connectivity index (χ1n) is 9.55. The first kappa shape index (κ1) is 23.9. The van der Waals surface area contributed by atoms with Crippen molar-refractivity contribution in [2.75, 3.05) is 18.0 Å². The van der Waals surface area contributed by atoms with Gasteiger partial charge in [0.05, 0.1) is 6.54 Å². The van der Waals surface area contributed by atoms with Crippen LogP contribution in [0, 0.1) is 5.41 Å². The second-order valence-electron chi connectivity index (χ2n) is 6.68. The summed E-state index contributed by atoms with van der Waals surface area (Å²) >= 11 is 0. The summed E-state index contributed by atoms with van der Waals surface area (Å²) in [6.07, 6.45) is 3.73. The number of amides is 1. The third-order valence-corrected chi connectivity index (χ3v) is 4.88. The van der Waals surface area contributed by atoms with Crippen molar-refractivity contribution < 1.29 is 24.3 Å². The molecular formula is C22H30N2O5. The van der Waals surface area contributed by atoms with E-state index in [9.17, 15) is 19.5 Å². The molecule has 158 valence electrons. The third kappa shape index (κ3) is 5.94. The summed E-state index contributed by atoms with van der Waals surface area (Å²) < 4.78 is 0. The van der Waals surface area contributed by atoms with Gasteiger partial charge in [0.1, 0.15) is 0 Å². The number of nitrogens with zero attached hydrogens (tertiary/aromatic N) is 2. The number of carbonyl (C=O) groups is 3. The van der Waals surface area contributed by atoms with Crippen molar-refractivity contribution in [3.8, 4) is 0 Å². The van der Waals surface area contributed by atoms with Crippen LogP contribution >= 0.6 is 0 Å². The number of carboxylic acid groups (broad SMARTS) is 1. The number of carboxylic acids is 1. The molecule has 0 fully saturated rings. The molecule has 0 spiro atoms. The van der Waals surface area contributed by atoms with E-state index in [1.807, 2.05) is 24.3 Å². The maximum absolute atomic E-state index is 12.5. The molecule has 0 aliphatic rings. The van der Waals surface area contributed by atoms with Crippen LogP contribution < -0.4 is 4.90 Å². The van der Waals surface area contributed by atoms with E-state index in [1.54, 1.807) is 26.0 Å². The quantitative estimate of drug-likeness (QED) is 0.346. The van der Waals surface area contributed by atoms with Gasteiger partial charge in [-0.05, 0) is 30.5 Å². The second-order valence-corrected chi connectivity index (χ2v) is 6.68. The zero-order chi connectivity index (χ0) is 22.0. The second kappa shape index (κ2) is 11.0. The molecule has 0 unspecified atom stereocenters. The molecule has 0 aliphatic carbocycles. The summed E-state index contributed by atoms with van der Waals surface area (Å²) in [5, 5.41) is 10.4. The molecule has 0 bridgehead atoms. The summed E-state index contributed by atoms with van der Waals surface area (Å²) in [7, 11) is 0. The summed E-state index contributed by atoms with van der Waals surface area (Å²) in [5.41, 5.74) is 0.0255. The highest BCUT2D eigenvalue weighted by molar-refractivity contribution is 5.99. The standard InChI is InChI=1S/C22H30N2O5/c1-6-14-23(15-7-2)19-12-10-18(11-13-19)16-24(17(5)25)29-21(28)22(8-3,9-4)20(26)27/h6-7,10-13H,1-2,8-9,14-16H2,3-5H3,(H,26,27). The Morgan fingerprint density at radius 2 is 1.59 bits per heavy atom. The zero-order valence-corrected chi connectivity index (χ0v) is 17.4.